The molecule has 27 heavy (non-hydrogen) atoms. The van der Waals surface area contributed by atoms with Crippen LogP contribution in [0.15, 0.2) is 60.4 Å². The molecule has 2 heterocycles. The van der Waals surface area contributed by atoms with Crippen molar-refractivity contribution in [3.63, 3.8) is 0 Å². The third-order valence-electron chi connectivity index (χ3n) is 4.32. The highest BCUT2D eigenvalue weighted by Crippen LogP contribution is 2.26. The number of aryl methyl sites for hydroxylation is 2. The number of rotatable bonds is 4. The summed E-state index contributed by atoms with van der Waals surface area (Å²) < 4.78 is 2.02. The van der Waals surface area contributed by atoms with Crippen molar-refractivity contribution < 1.29 is 0 Å². The summed E-state index contributed by atoms with van der Waals surface area (Å²) in [6.07, 6.45) is 4.65. The lowest BCUT2D eigenvalue weighted by Crippen LogP contribution is -1.90. The molecule has 4 rings (SSSR count). The number of halogens is 1. The van der Waals surface area contributed by atoms with E-state index < -0.39 is 0 Å². The summed E-state index contributed by atoms with van der Waals surface area (Å²) in [6.45, 7) is 4.01. The van der Waals surface area contributed by atoms with Crippen molar-refractivity contribution in [3.8, 4) is 16.9 Å². The summed E-state index contributed by atoms with van der Waals surface area (Å²) in [4.78, 5) is 9.06. The van der Waals surface area contributed by atoms with Crippen molar-refractivity contribution >= 4 is 22.9 Å². The minimum atomic E-state index is 0. The average molecular weight is 396 g/mol. The standard InChI is InChI=1S/C21H18ClN3S.CH4/c1-14-3-4-16(9-19(14)22)10-21-24-20(12-26-21)17-5-7-18(8-6-17)25-11-15(2)23-13-25;/h3-9,11-13H,10H2,1-2H3;1H4. The van der Waals surface area contributed by atoms with Crippen LogP contribution in [0, 0.1) is 13.8 Å². The van der Waals surface area contributed by atoms with Crippen molar-refractivity contribution in [1.29, 1.82) is 0 Å². The number of nitrogens with zero attached hydrogens (tertiary/aromatic N) is 3. The molecule has 0 fully saturated rings. The van der Waals surface area contributed by atoms with Gasteiger partial charge in [0.1, 0.15) is 0 Å². The van der Waals surface area contributed by atoms with Crippen LogP contribution in [0.5, 0.6) is 0 Å². The minimum absolute atomic E-state index is 0. The van der Waals surface area contributed by atoms with Gasteiger partial charge >= 0.3 is 0 Å². The van der Waals surface area contributed by atoms with E-state index in [1.807, 2.05) is 37.0 Å². The monoisotopic (exact) mass is 395 g/mol. The molecule has 0 saturated heterocycles. The number of aromatic nitrogens is 3. The van der Waals surface area contributed by atoms with Crippen LogP contribution in [0.25, 0.3) is 16.9 Å². The molecule has 0 N–H and O–H groups in total. The molecule has 0 atom stereocenters. The highest BCUT2D eigenvalue weighted by molar-refractivity contribution is 7.10. The second-order valence-electron chi connectivity index (χ2n) is 6.36. The van der Waals surface area contributed by atoms with Crippen LogP contribution in [0.2, 0.25) is 5.02 Å². The normalized spacial score (nSPS) is 10.6. The lowest BCUT2D eigenvalue weighted by Gasteiger charge is -2.03. The molecule has 0 aliphatic carbocycles. The van der Waals surface area contributed by atoms with E-state index in [1.54, 1.807) is 11.3 Å². The van der Waals surface area contributed by atoms with Gasteiger partial charge in [-0.15, -0.1) is 11.3 Å². The third kappa shape index (κ3) is 4.29. The number of hydrogen-bond acceptors (Lipinski definition) is 3. The summed E-state index contributed by atoms with van der Waals surface area (Å²) in [5, 5.41) is 4.01. The molecule has 2 aromatic carbocycles. The molecular weight excluding hydrogens is 374 g/mol. The van der Waals surface area contributed by atoms with E-state index in [2.05, 4.69) is 46.8 Å². The molecule has 0 radical (unpaired) electrons. The second kappa shape index (κ2) is 8.07. The van der Waals surface area contributed by atoms with Gasteiger partial charge in [-0.05, 0) is 43.2 Å². The molecule has 2 aromatic heterocycles. The quantitative estimate of drug-likeness (QED) is 0.395. The Morgan fingerprint density at radius 1 is 1.07 bits per heavy atom. The summed E-state index contributed by atoms with van der Waals surface area (Å²) in [7, 11) is 0. The zero-order valence-electron chi connectivity index (χ0n) is 14.6. The Bertz CT molecular complexity index is 1050. The van der Waals surface area contributed by atoms with Gasteiger partial charge in [0.2, 0.25) is 0 Å². The molecule has 0 unspecified atom stereocenters. The number of thiazole rings is 1. The Morgan fingerprint density at radius 3 is 2.52 bits per heavy atom. The first-order valence-electron chi connectivity index (χ1n) is 8.39. The molecule has 5 heteroatoms. The van der Waals surface area contributed by atoms with E-state index in [0.29, 0.717) is 0 Å². The number of hydrogen-bond donors (Lipinski definition) is 0. The maximum absolute atomic E-state index is 6.22. The Balaban J connectivity index is 0.00000210. The van der Waals surface area contributed by atoms with Crippen molar-refractivity contribution in [2.24, 2.45) is 0 Å². The largest absolute Gasteiger partial charge is 0.306 e. The van der Waals surface area contributed by atoms with Crippen LogP contribution >= 0.6 is 22.9 Å². The molecule has 0 saturated carbocycles. The molecule has 0 bridgehead atoms. The first-order valence-corrected chi connectivity index (χ1v) is 9.65. The van der Waals surface area contributed by atoms with Gasteiger partial charge in [0.25, 0.3) is 0 Å². The fourth-order valence-corrected chi connectivity index (χ4v) is 3.85. The topological polar surface area (TPSA) is 30.7 Å². The maximum atomic E-state index is 6.22. The van der Waals surface area contributed by atoms with Crippen molar-refractivity contribution in [2.75, 3.05) is 0 Å². The van der Waals surface area contributed by atoms with Gasteiger partial charge in [0.15, 0.2) is 0 Å². The molecule has 0 spiro atoms. The molecule has 3 nitrogen and oxygen atoms in total. The summed E-state index contributed by atoms with van der Waals surface area (Å²) in [5.74, 6) is 0. The molecule has 0 aliphatic rings. The van der Waals surface area contributed by atoms with Crippen LogP contribution in [-0.4, -0.2) is 14.5 Å². The van der Waals surface area contributed by atoms with Crippen LogP contribution < -0.4 is 0 Å². The van der Waals surface area contributed by atoms with Gasteiger partial charge in [-0.1, -0.05) is 43.3 Å². The van der Waals surface area contributed by atoms with Crippen molar-refractivity contribution in [1.82, 2.24) is 14.5 Å². The Kier molecular flexibility index (Phi) is 5.78. The zero-order valence-corrected chi connectivity index (χ0v) is 16.2. The number of imidazole rings is 1. The van der Waals surface area contributed by atoms with Crippen LogP contribution in [0.4, 0.5) is 0 Å². The third-order valence-corrected chi connectivity index (χ3v) is 5.57. The number of benzene rings is 2. The van der Waals surface area contributed by atoms with E-state index >= 15 is 0 Å². The molecule has 4 aromatic rings. The summed E-state index contributed by atoms with van der Waals surface area (Å²) in [5.41, 5.74) is 6.52. The van der Waals surface area contributed by atoms with Crippen molar-refractivity contribution in [2.45, 2.75) is 27.7 Å². The summed E-state index contributed by atoms with van der Waals surface area (Å²) >= 11 is 7.91. The first kappa shape index (κ1) is 19.3. The Hall–Kier alpha value is -2.43. The lowest BCUT2D eigenvalue weighted by molar-refractivity contribution is 1.06. The van der Waals surface area contributed by atoms with Crippen LogP contribution in [0.3, 0.4) is 0 Å². The van der Waals surface area contributed by atoms with E-state index in [4.69, 9.17) is 16.6 Å². The van der Waals surface area contributed by atoms with Gasteiger partial charge in [-0.2, -0.15) is 0 Å². The van der Waals surface area contributed by atoms with Crippen LogP contribution in [0.1, 0.15) is 29.3 Å². The molecule has 0 amide bonds. The highest BCUT2D eigenvalue weighted by atomic mass is 35.5. The van der Waals surface area contributed by atoms with Gasteiger partial charge in [-0.25, -0.2) is 9.97 Å². The van der Waals surface area contributed by atoms with E-state index in [9.17, 15) is 0 Å². The first-order chi connectivity index (χ1) is 12.6. The fraction of sp³-hybridized carbons (Fsp3) is 0.182. The Morgan fingerprint density at radius 2 is 1.85 bits per heavy atom. The minimum Gasteiger partial charge on any atom is -0.306 e. The molecule has 0 aliphatic heterocycles. The highest BCUT2D eigenvalue weighted by Gasteiger charge is 2.07. The SMILES string of the molecule is C.Cc1cn(-c2ccc(-c3csc(Cc4ccc(C)c(Cl)c4)n3)cc2)cn1. The smallest absolute Gasteiger partial charge is 0.0995 e. The summed E-state index contributed by atoms with van der Waals surface area (Å²) in [6, 6.07) is 14.6. The molecular formula is C22H22ClN3S. The predicted octanol–water partition coefficient (Wildman–Crippen LogP) is 6.49. The molecule has 138 valence electrons. The second-order valence-corrected chi connectivity index (χ2v) is 7.71. The average Bonchev–Trinajstić information content (AvgIpc) is 3.28. The van der Waals surface area contributed by atoms with Gasteiger partial charge in [0, 0.05) is 34.3 Å². The van der Waals surface area contributed by atoms with Crippen LogP contribution in [-0.2, 0) is 6.42 Å². The van der Waals surface area contributed by atoms with Gasteiger partial charge < -0.3 is 4.57 Å². The zero-order chi connectivity index (χ0) is 18.1. The Labute approximate surface area is 169 Å². The van der Waals surface area contributed by atoms with Gasteiger partial charge in [0.05, 0.1) is 22.7 Å². The lowest BCUT2D eigenvalue weighted by atomic mass is 10.1. The fourth-order valence-electron chi connectivity index (χ4n) is 2.81. The predicted molar refractivity (Wildman–Crippen MR) is 115 cm³/mol. The van der Waals surface area contributed by atoms with E-state index in [0.717, 1.165) is 44.7 Å². The van der Waals surface area contributed by atoms with Gasteiger partial charge in [-0.3, -0.25) is 0 Å². The van der Waals surface area contributed by atoms with E-state index in [1.165, 1.54) is 5.56 Å². The van der Waals surface area contributed by atoms with Crippen molar-refractivity contribution in [3.05, 3.63) is 87.2 Å². The van der Waals surface area contributed by atoms with E-state index in [-0.39, 0.29) is 7.43 Å². The maximum Gasteiger partial charge on any atom is 0.0995 e.